The van der Waals surface area contributed by atoms with Gasteiger partial charge in [-0.3, -0.25) is 9.59 Å². The van der Waals surface area contributed by atoms with Gasteiger partial charge in [-0.25, -0.2) is 4.98 Å². The third-order valence-electron chi connectivity index (χ3n) is 8.06. The molecule has 0 fully saturated rings. The molecule has 9 nitrogen and oxygen atoms in total. The highest BCUT2D eigenvalue weighted by atomic mass is 32.1. The van der Waals surface area contributed by atoms with Crippen molar-refractivity contribution >= 4 is 76.5 Å². The molecule has 0 aliphatic heterocycles. The Balaban J connectivity index is 1.26. The predicted octanol–water partition coefficient (Wildman–Crippen LogP) is 6.98. The van der Waals surface area contributed by atoms with Gasteiger partial charge in [0, 0.05) is 37.1 Å². The molecule has 0 bridgehead atoms. The second-order valence-electron chi connectivity index (χ2n) is 11.0. The van der Waals surface area contributed by atoms with Crippen LogP contribution in [0.5, 0.6) is 0 Å². The Kier molecular flexibility index (Phi) is 9.35. The Bertz CT molecular complexity index is 2290. The van der Waals surface area contributed by atoms with E-state index in [1.54, 1.807) is 18.2 Å². The van der Waals surface area contributed by atoms with E-state index < -0.39 is 11.8 Å². The molecule has 242 valence electrons. The van der Waals surface area contributed by atoms with Crippen LogP contribution in [0, 0.1) is 0 Å². The molecule has 0 unspecified atom stereocenters. The highest BCUT2D eigenvalue weighted by Gasteiger charge is 2.16. The van der Waals surface area contributed by atoms with Crippen molar-refractivity contribution in [3.8, 4) is 0 Å². The first-order valence-electron chi connectivity index (χ1n) is 15.9. The van der Waals surface area contributed by atoms with Crippen molar-refractivity contribution in [3.63, 3.8) is 0 Å². The van der Waals surface area contributed by atoms with Crippen LogP contribution in [0.4, 0.5) is 0 Å². The summed E-state index contributed by atoms with van der Waals surface area (Å²) in [5.74, 6) is -1.07. The van der Waals surface area contributed by atoms with Crippen LogP contribution in [0.25, 0.3) is 42.0 Å². The number of pyridine rings is 1. The number of benzene rings is 4. The van der Waals surface area contributed by atoms with Crippen molar-refractivity contribution in [2.45, 2.75) is 26.9 Å². The number of fused-ring (bicyclic) bond motifs is 6. The van der Waals surface area contributed by atoms with E-state index in [9.17, 15) is 9.59 Å². The highest BCUT2D eigenvalue weighted by Crippen LogP contribution is 2.29. The number of hydrogen-bond donors (Lipinski definition) is 0. The van der Waals surface area contributed by atoms with Crippen molar-refractivity contribution in [2.75, 3.05) is 26.4 Å². The van der Waals surface area contributed by atoms with Crippen LogP contribution in [0.15, 0.2) is 101 Å². The van der Waals surface area contributed by atoms with Crippen LogP contribution in [0.3, 0.4) is 0 Å². The molecule has 0 saturated carbocycles. The lowest BCUT2D eigenvalue weighted by Gasteiger charge is -2.06. The molecule has 0 atom stereocenters. The van der Waals surface area contributed by atoms with Gasteiger partial charge in [0.15, 0.2) is 9.60 Å². The van der Waals surface area contributed by atoms with Crippen molar-refractivity contribution < 1.29 is 19.1 Å². The quantitative estimate of drug-likeness (QED) is 0.146. The lowest BCUT2D eigenvalue weighted by molar-refractivity contribution is 0.0988. The first-order chi connectivity index (χ1) is 23.6. The molecule has 3 heterocycles. The molecule has 7 aromatic rings. The number of hydrogen-bond acceptors (Lipinski definition) is 7. The summed E-state index contributed by atoms with van der Waals surface area (Å²) in [6.07, 6.45) is 0. The smallest absolute Gasteiger partial charge is 0.298 e. The van der Waals surface area contributed by atoms with Gasteiger partial charge in [-0.1, -0.05) is 89.4 Å². The van der Waals surface area contributed by atoms with E-state index in [1.165, 1.54) is 22.7 Å². The van der Waals surface area contributed by atoms with Crippen molar-refractivity contribution in [1.82, 2.24) is 14.1 Å². The molecule has 4 aromatic carbocycles. The maximum absolute atomic E-state index is 13.6. The summed E-state index contributed by atoms with van der Waals surface area (Å²) in [6, 6.07) is 29.4. The number of amides is 2. The molecule has 0 spiro atoms. The fourth-order valence-electron chi connectivity index (χ4n) is 5.76. The number of thiazole rings is 2. The van der Waals surface area contributed by atoms with Crippen LogP contribution in [0.1, 0.15) is 34.8 Å². The summed E-state index contributed by atoms with van der Waals surface area (Å²) in [7, 11) is 0. The van der Waals surface area contributed by atoms with Gasteiger partial charge in [-0.05, 0) is 48.9 Å². The third kappa shape index (κ3) is 6.25. The van der Waals surface area contributed by atoms with Gasteiger partial charge in [0.1, 0.15) is 11.4 Å². The second kappa shape index (κ2) is 14.1. The average Bonchev–Trinajstić information content (AvgIpc) is 3.65. The Morgan fingerprint density at radius 1 is 0.625 bits per heavy atom. The van der Waals surface area contributed by atoms with E-state index in [0.717, 1.165) is 42.0 Å². The van der Waals surface area contributed by atoms with Gasteiger partial charge in [0.05, 0.1) is 33.6 Å². The monoisotopic (exact) mass is 675 g/mol. The molecule has 0 N–H and O–H groups in total. The van der Waals surface area contributed by atoms with Gasteiger partial charge in [0.25, 0.3) is 11.8 Å². The molecule has 0 aliphatic rings. The van der Waals surface area contributed by atoms with Crippen LogP contribution in [0.2, 0.25) is 0 Å². The minimum absolute atomic E-state index is 0.0706. The van der Waals surface area contributed by atoms with Crippen LogP contribution >= 0.6 is 22.7 Å². The molecular weight excluding hydrogens is 643 g/mol. The van der Waals surface area contributed by atoms with Crippen LogP contribution in [-0.2, 0) is 22.6 Å². The zero-order valence-corrected chi connectivity index (χ0v) is 28.2. The molecule has 7 rings (SSSR count). The number of carbonyl (C=O) groups is 2. The Hall–Kier alpha value is -4.81. The average molecular weight is 676 g/mol. The minimum atomic E-state index is -0.536. The van der Waals surface area contributed by atoms with Gasteiger partial charge in [0.2, 0.25) is 0 Å². The summed E-state index contributed by atoms with van der Waals surface area (Å²) >= 11 is 2.91. The zero-order chi connectivity index (χ0) is 33.0. The summed E-state index contributed by atoms with van der Waals surface area (Å²) < 4.78 is 17.4. The van der Waals surface area contributed by atoms with E-state index in [-0.39, 0.29) is 11.4 Å². The van der Waals surface area contributed by atoms with Crippen molar-refractivity contribution in [2.24, 2.45) is 9.98 Å². The van der Waals surface area contributed by atoms with Crippen molar-refractivity contribution in [3.05, 3.63) is 112 Å². The molecule has 0 radical (unpaired) electrons. The van der Waals surface area contributed by atoms with E-state index in [0.29, 0.717) is 49.1 Å². The molecule has 2 amide bonds. The summed E-state index contributed by atoms with van der Waals surface area (Å²) in [5, 5.41) is 4.42. The Labute approximate surface area is 284 Å². The van der Waals surface area contributed by atoms with Gasteiger partial charge in [-0.2, -0.15) is 9.98 Å². The Morgan fingerprint density at radius 2 is 1.08 bits per heavy atom. The van der Waals surface area contributed by atoms with E-state index in [4.69, 9.17) is 9.47 Å². The van der Waals surface area contributed by atoms with Gasteiger partial charge < -0.3 is 18.6 Å². The number of aromatic nitrogens is 3. The second-order valence-corrected chi connectivity index (χ2v) is 12.9. The van der Waals surface area contributed by atoms with E-state index in [1.807, 2.05) is 47.2 Å². The number of nitrogens with zero attached hydrogens (tertiary/aromatic N) is 5. The molecule has 0 saturated heterocycles. The first-order valence-corrected chi connectivity index (χ1v) is 17.5. The number of carbonyl (C=O) groups excluding carboxylic acids is 2. The summed E-state index contributed by atoms with van der Waals surface area (Å²) in [6.45, 7) is 7.14. The maximum atomic E-state index is 13.6. The minimum Gasteiger partial charge on any atom is -0.380 e. The van der Waals surface area contributed by atoms with Crippen LogP contribution < -0.4 is 9.60 Å². The standard InChI is InChI=1S/C37H33N5O4S2/c1-3-45-22-20-41-30-18-16-24-10-5-7-12-26(24)32(30)47-36(41)39-34(43)28-14-9-15-29(38-28)35(44)40-37-42(21-23-46-4-2)31-19-17-25-11-6-8-13-27(25)33(31)48-37/h5-19H,3-4,20-23H2,1-2H3. The summed E-state index contributed by atoms with van der Waals surface area (Å²) in [5.41, 5.74) is 2.10. The fourth-order valence-corrected chi connectivity index (χ4v) is 8.14. The van der Waals surface area contributed by atoms with Crippen LogP contribution in [-0.4, -0.2) is 52.4 Å². The predicted molar refractivity (Wildman–Crippen MR) is 192 cm³/mol. The maximum Gasteiger partial charge on any atom is 0.298 e. The SMILES string of the molecule is CCOCCn1c(=NC(=O)c2cccc(C(=O)N=c3sc4c5ccccc5ccc4n3CCOCC)n2)sc2c3ccccc3ccc21. The normalized spacial score (nSPS) is 12.6. The van der Waals surface area contributed by atoms with Gasteiger partial charge in [-0.15, -0.1) is 0 Å². The summed E-state index contributed by atoms with van der Waals surface area (Å²) in [4.78, 5) is 41.7. The van der Waals surface area contributed by atoms with Crippen molar-refractivity contribution in [1.29, 1.82) is 0 Å². The molecule has 11 heteroatoms. The lowest BCUT2D eigenvalue weighted by atomic mass is 10.1. The molecule has 3 aromatic heterocycles. The number of rotatable bonds is 10. The number of ether oxygens (including phenoxy) is 2. The molecular formula is C37H33N5O4S2. The largest absolute Gasteiger partial charge is 0.380 e. The van der Waals surface area contributed by atoms with E-state index >= 15 is 0 Å². The molecule has 0 aliphatic carbocycles. The Morgan fingerprint density at radius 3 is 1.54 bits per heavy atom. The fraction of sp³-hybridized carbons (Fsp3) is 0.216. The molecule has 48 heavy (non-hydrogen) atoms. The lowest BCUT2D eigenvalue weighted by Crippen LogP contribution is -2.21. The van der Waals surface area contributed by atoms with E-state index in [2.05, 4.69) is 63.5 Å². The topological polar surface area (TPSA) is 100 Å². The first kappa shape index (κ1) is 31.8. The third-order valence-corrected chi connectivity index (χ3v) is 10.3. The zero-order valence-electron chi connectivity index (χ0n) is 26.6. The van der Waals surface area contributed by atoms with Gasteiger partial charge >= 0.3 is 0 Å². The highest BCUT2D eigenvalue weighted by molar-refractivity contribution is 7.17.